The molecular weight excluding hydrogens is 621 g/mol. The Kier molecular flexibility index (Phi) is 9.94. The second-order valence-corrected chi connectivity index (χ2v) is 13.0. The molecule has 0 radical (unpaired) electrons. The summed E-state index contributed by atoms with van der Waals surface area (Å²) in [5.41, 5.74) is 0.614. The van der Waals surface area contributed by atoms with Gasteiger partial charge >= 0.3 is 11.9 Å². The predicted molar refractivity (Wildman–Crippen MR) is 170 cm³/mol. The van der Waals surface area contributed by atoms with Crippen molar-refractivity contribution in [2.75, 3.05) is 0 Å². The molecule has 0 unspecified atom stereocenters. The lowest BCUT2D eigenvalue weighted by atomic mass is 9.88. The minimum absolute atomic E-state index is 0.0235. The fraction of sp³-hybridized carbons (Fsp3) is 0.343. The van der Waals surface area contributed by atoms with Crippen LogP contribution in [0.15, 0.2) is 60.7 Å². The highest BCUT2D eigenvalue weighted by molar-refractivity contribution is 6.31. The van der Waals surface area contributed by atoms with Gasteiger partial charge in [0.25, 0.3) is 0 Å². The fourth-order valence-corrected chi connectivity index (χ4v) is 5.97. The average molecular weight is 656 g/mol. The SMILES string of the molecule is CC(C)(C)OC(=O)Cc1ccc(Cl)c(F)c1-n1c(C2CCCCC2)nc(C(=O)OCc2ccccc2)c1-c1ccc(F)c(Cl)c1. The summed E-state index contributed by atoms with van der Waals surface area (Å²) in [5.74, 6) is -2.50. The van der Waals surface area contributed by atoms with Crippen LogP contribution in [0.3, 0.4) is 0 Å². The number of ether oxygens (including phenoxy) is 2. The van der Waals surface area contributed by atoms with Crippen LogP contribution in [0.5, 0.6) is 0 Å². The Hall–Kier alpha value is -3.75. The van der Waals surface area contributed by atoms with Gasteiger partial charge in [0.15, 0.2) is 11.5 Å². The molecule has 3 aromatic carbocycles. The first kappa shape index (κ1) is 32.6. The molecule has 1 heterocycles. The molecule has 0 bridgehead atoms. The van der Waals surface area contributed by atoms with Gasteiger partial charge in [-0.25, -0.2) is 18.6 Å². The Balaban J connectivity index is 1.75. The maximum atomic E-state index is 16.4. The zero-order valence-corrected chi connectivity index (χ0v) is 26.9. The number of halogens is 4. The molecule has 0 aliphatic heterocycles. The van der Waals surface area contributed by atoms with Gasteiger partial charge in [-0.05, 0) is 69.0 Å². The van der Waals surface area contributed by atoms with Crippen LogP contribution in [-0.2, 0) is 27.3 Å². The summed E-state index contributed by atoms with van der Waals surface area (Å²) in [4.78, 5) is 31.7. The topological polar surface area (TPSA) is 70.4 Å². The monoisotopic (exact) mass is 654 g/mol. The summed E-state index contributed by atoms with van der Waals surface area (Å²) in [6.45, 7) is 5.21. The molecule has 1 aromatic heterocycles. The lowest BCUT2D eigenvalue weighted by Gasteiger charge is -2.25. The van der Waals surface area contributed by atoms with E-state index in [2.05, 4.69) is 0 Å². The first-order valence-electron chi connectivity index (χ1n) is 14.9. The van der Waals surface area contributed by atoms with E-state index in [4.69, 9.17) is 37.7 Å². The van der Waals surface area contributed by atoms with E-state index in [0.29, 0.717) is 11.4 Å². The normalized spacial score (nSPS) is 13.9. The minimum Gasteiger partial charge on any atom is -0.460 e. The zero-order valence-electron chi connectivity index (χ0n) is 25.3. The van der Waals surface area contributed by atoms with Crippen molar-refractivity contribution in [1.29, 1.82) is 0 Å². The van der Waals surface area contributed by atoms with Gasteiger partial charge in [-0.3, -0.25) is 9.36 Å². The minimum atomic E-state index is -0.800. The molecule has 0 saturated heterocycles. The van der Waals surface area contributed by atoms with Crippen LogP contribution in [0.2, 0.25) is 10.0 Å². The standard InChI is InChI=1S/C35H34Cl2F2N2O4/c1-35(2,3)45-28(42)19-24-14-16-25(36)29(39)31(24)41-32(23-15-17-27(38)26(37)18-23)30(40-33(41)22-12-8-5-9-13-22)34(43)44-20-21-10-6-4-7-11-21/h4,6-7,10-11,14-18,22H,5,8-9,12-13,19-20H2,1-3H3. The second-order valence-electron chi connectivity index (χ2n) is 12.2. The van der Waals surface area contributed by atoms with Gasteiger partial charge in [0.1, 0.15) is 23.8 Å². The summed E-state index contributed by atoms with van der Waals surface area (Å²) < 4.78 is 43.6. The molecule has 0 spiro atoms. The lowest BCUT2D eigenvalue weighted by Crippen LogP contribution is -2.25. The third kappa shape index (κ3) is 7.56. The summed E-state index contributed by atoms with van der Waals surface area (Å²) >= 11 is 12.6. The third-order valence-electron chi connectivity index (χ3n) is 7.60. The van der Waals surface area contributed by atoms with E-state index in [-0.39, 0.29) is 51.6 Å². The van der Waals surface area contributed by atoms with E-state index < -0.39 is 29.2 Å². The molecule has 0 amide bonds. The Morgan fingerprint density at radius 3 is 2.33 bits per heavy atom. The third-order valence-corrected chi connectivity index (χ3v) is 8.19. The van der Waals surface area contributed by atoms with E-state index in [1.54, 1.807) is 31.4 Å². The zero-order chi connectivity index (χ0) is 32.3. The van der Waals surface area contributed by atoms with Gasteiger partial charge in [-0.15, -0.1) is 0 Å². The first-order valence-corrected chi connectivity index (χ1v) is 15.7. The molecular formula is C35H34Cl2F2N2O4. The number of hydrogen-bond acceptors (Lipinski definition) is 5. The predicted octanol–water partition coefficient (Wildman–Crippen LogP) is 9.41. The highest BCUT2D eigenvalue weighted by Gasteiger charge is 2.33. The van der Waals surface area contributed by atoms with Crippen LogP contribution in [0.1, 0.15) is 86.2 Å². The number of nitrogens with zero attached hydrogens (tertiary/aromatic N) is 2. The maximum Gasteiger partial charge on any atom is 0.359 e. The van der Waals surface area contributed by atoms with Crippen molar-refractivity contribution in [3.05, 3.63) is 105 Å². The van der Waals surface area contributed by atoms with Crippen molar-refractivity contribution < 1.29 is 27.8 Å². The Morgan fingerprint density at radius 2 is 1.67 bits per heavy atom. The number of benzene rings is 3. The van der Waals surface area contributed by atoms with E-state index in [1.807, 2.05) is 30.3 Å². The van der Waals surface area contributed by atoms with Gasteiger partial charge in [0.05, 0.1) is 27.8 Å². The van der Waals surface area contributed by atoms with Crippen LogP contribution in [0.25, 0.3) is 16.9 Å². The van der Waals surface area contributed by atoms with Gasteiger partial charge in [-0.1, -0.05) is 78.9 Å². The van der Waals surface area contributed by atoms with Crippen LogP contribution < -0.4 is 0 Å². The summed E-state index contributed by atoms with van der Waals surface area (Å²) in [7, 11) is 0. The summed E-state index contributed by atoms with van der Waals surface area (Å²) in [6.07, 6.45) is 4.11. The van der Waals surface area contributed by atoms with Gasteiger partial charge in [0.2, 0.25) is 0 Å². The molecule has 1 fully saturated rings. The molecule has 0 N–H and O–H groups in total. The Morgan fingerprint density at radius 1 is 0.956 bits per heavy atom. The molecule has 1 aliphatic rings. The van der Waals surface area contributed by atoms with Crippen molar-refractivity contribution in [2.45, 2.75) is 77.4 Å². The number of aromatic nitrogens is 2. The van der Waals surface area contributed by atoms with Crippen molar-refractivity contribution in [2.24, 2.45) is 0 Å². The molecule has 45 heavy (non-hydrogen) atoms. The molecule has 5 rings (SSSR count). The summed E-state index contributed by atoms with van der Waals surface area (Å²) in [5, 5.41) is -0.374. The van der Waals surface area contributed by atoms with Crippen molar-refractivity contribution in [3.63, 3.8) is 0 Å². The highest BCUT2D eigenvalue weighted by Crippen LogP contribution is 2.41. The average Bonchev–Trinajstić information content (AvgIpc) is 3.39. The van der Waals surface area contributed by atoms with E-state index in [9.17, 15) is 14.0 Å². The number of esters is 2. The molecule has 1 aliphatic carbocycles. The molecule has 10 heteroatoms. The number of hydrogen-bond donors (Lipinski definition) is 0. The molecule has 6 nitrogen and oxygen atoms in total. The van der Waals surface area contributed by atoms with Gasteiger partial charge in [0, 0.05) is 11.5 Å². The largest absolute Gasteiger partial charge is 0.460 e. The van der Waals surface area contributed by atoms with E-state index >= 15 is 4.39 Å². The van der Waals surface area contributed by atoms with Crippen molar-refractivity contribution >= 4 is 35.1 Å². The number of imidazole rings is 1. The number of carbonyl (C=O) groups is 2. The van der Waals surface area contributed by atoms with Crippen molar-refractivity contribution in [3.8, 4) is 16.9 Å². The maximum absolute atomic E-state index is 16.4. The molecule has 4 aromatic rings. The van der Waals surface area contributed by atoms with Crippen molar-refractivity contribution in [1.82, 2.24) is 9.55 Å². The smallest absolute Gasteiger partial charge is 0.359 e. The van der Waals surface area contributed by atoms with Gasteiger partial charge in [-0.2, -0.15) is 0 Å². The lowest BCUT2D eigenvalue weighted by molar-refractivity contribution is -0.153. The summed E-state index contributed by atoms with van der Waals surface area (Å²) in [6, 6.07) is 16.1. The van der Waals surface area contributed by atoms with E-state index in [1.165, 1.54) is 24.3 Å². The molecule has 1 saturated carbocycles. The van der Waals surface area contributed by atoms with E-state index in [0.717, 1.165) is 37.7 Å². The Bertz CT molecular complexity index is 1710. The quantitative estimate of drug-likeness (QED) is 0.177. The van der Waals surface area contributed by atoms with Crippen LogP contribution in [-0.4, -0.2) is 27.1 Å². The van der Waals surface area contributed by atoms with Crippen LogP contribution in [0.4, 0.5) is 8.78 Å². The van der Waals surface area contributed by atoms with Crippen LogP contribution in [0, 0.1) is 11.6 Å². The number of carbonyl (C=O) groups excluding carboxylic acids is 2. The molecule has 236 valence electrons. The fourth-order valence-electron chi connectivity index (χ4n) is 5.64. The molecule has 0 atom stereocenters. The van der Waals surface area contributed by atoms with Gasteiger partial charge < -0.3 is 9.47 Å². The Labute approximate surface area is 271 Å². The first-order chi connectivity index (χ1) is 21.4. The highest BCUT2D eigenvalue weighted by atomic mass is 35.5. The van der Waals surface area contributed by atoms with Crippen LogP contribution >= 0.6 is 23.2 Å². The number of rotatable bonds is 8. The second kappa shape index (κ2) is 13.7.